The van der Waals surface area contributed by atoms with E-state index >= 15 is 0 Å². The normalized spacial score (nSPS) is 10.3. The molecule has 0 spiro atoms. The largest absolute Gasteiger partial charge is 0.508 e. The monoisotopic (exact) mass is 291 g/mol. The molecule has 8 heteroatoms. The van der Waals surface area contributed by atoms with Crippen molar-refractivity contribution in [2.75, 3.05) is 6.61 Å². The van der Waals surface area contributed by atoms with E-state index in [2.05, 4.69) is 10.3 Å². The number of aromatic hydroxyl groups is 2. The molecular formula is C13H13N3O5. The highest BCUT2D eigenvalue weighted by Gasteiger charge is 2.16. The highest BCUT2D eigenvalue weighted by Crippen LogP contribution is 2.23. The van der Waals surface area contributed by atoms with Crippen LogP contribution in [0.25, 0.3) is 0 Å². The fourth-order valence-electron chi connectivity index (χ4n) is 1.66. The topological polar surface area (TPSA) is 115 Å². The molecule has 0 radical (unpaired) electrons. The van der Waals surface area contributed by atoms with E-state index in [0.717, 1.165) is 6.07 Å². The highest BCUT2D eigenvalue weighted by atomic mass is 16.5. The minimum Gasteiger partial charge on any atom is -0.508 e. The Balaban J connectivity index is 2.11. The van der Waals surface area contributed by atoms with Crippen LogP contribution in [-0.2, 0) is 11.3 Å². The van der Waals surface area contributed by atoms with Crippen molar-refractivity contribution in [2.24, 2.45) is 0 Å². The Morgan fingerprint density at radius 1 is 1.33 bits per heavy atom. The van der Waals surface area contributed by atoms with Gasteiger partial charge in [-0.25, -0.2) is 9.48 Å². The highest BCUT2D eigenvalue weighted by molar-refractivity contribution is 5.98. The molecule has 21 heavy (non-hydrogen) atoms. The van der Waals surface area contributed by atoms with Crippen LogP contribution in [0, 0.1) is 0 Å². The van der Waals surface area contributed by atoms with Gasteiger partial charge in [-0.05, 0) is 19.1 Å². The molecule has 0 amide bonds. The van der Waals surface area contributed by atoms with E-state index in [-0.39, 0.29) is 35.9 Å². The molecule has 0 atom stereocenters. The lowest BCUT2D eigenvalue weighted by Gasteiger charge is -2.04. The zero-order valence-electron chi connectivity index (χ0n) is 11.2. The second-order valence-electron chi connectivity index (χ2n) is 4.15. The molecule has 110 valence electrons. The lowest BCUT2D eigenvalue weighted by Crippen LogP contribution is -2.11. The summed E-state index contributed by atoms with van der Waals surface area (Å²) in [5, 5.41) is 26.0. The molecule has 0 saturated heterocycles. The molecule has 1 aromatic carbocycles. The fraction of sp³-hybridized carbons (Fsp3) is 0.231. The predicted molar refractivity (Wildman–Crippen MR) is 70.1 cm³/mol. The Morgan fingerprint density at radius 3 is 2.76 bits per heavy atom. The first-order valence-corrected chi connectivity index (χ1v) is 6.13. The van der Waals surface area contributed by atoms with Crippen molar-refractivity contribution in [3.63, 3.8) is 0 Å². The maximum atomic E-state index is 12.0. The van der Waals surface area contributed by atoms with E-state index in [0.29, 0.717) is 0 Å². The van der Waals surface area contributed by atoms with Crippen molar-refractivity contribution in [3.05, 3.63) is 35.7 Å². The summed E-state index contributed by atoms with van der Waals surface area (Å²) in [6, 6.07) is 3.66. The minimum absolute atomic E-state index is 0.000391. The van der Waals surface area contributed by atoms with E-state index in [1.807, 2.05) is 0 Å². The molecule has 0 fully saturated rings. The molecule has 0 unspecified atom stereocenters. The fourth-order valence-corrected chi connectivity index (χ4v) is 1.66. The van der Waals surface area contributed by atoms with Gasteiger partial charge in [0.1, 0.15) is 18.0 Å². The zero-order chi connectivity index (χ0) is 15.4. The first-order chi connectivity index (χ1) is 10.0. The van der Waals surface area contributed by atoms with Gasteiger partial charge in [-0.2, -0.15) is 0 Å². The maximum absolute atomic E-state index is 12.0. The van der Waals surface area contributed by atoms with Gasteiger partial charge in [0.2, 0.25) is 0 Å². The summed E-state index contributed by atoms with van der Waals surface area (Å²) in [7, 11) is 0. The van der Waals surface area contributed by atoms with Crippen molar-refractivity contribution in [1.82, 2.24) is 15.0 Å². The number of phenols is 2. The van der Waals surface area contributed by atoms with Gasteiger partial charge >= 0.3 is 5.97 Å². The van der Waals surface area contributed by atoms with E-state index in [1.165, 1.54) is 23.0 Å². The molecule has 0 aliphatic rings. The van der Waals surface area contributed by atoms with Crippen LogP contribution in [-0.4, -0.2) is 43.6 Å². The van der Waals surface area contributed by atoms with Crippen LogP contribution < -0.4 is 0 Å². The molecule has 1 heterocycles. The Kier molecular flexibility index (Phi) is 4.17. The number of ether oxygens (including phenoxy) is 1. The number of nitrogens with zero attached hydrogens (tertiary/aromatic N) is 3. The number of hydrogen-bond acceptors (Lipinski definition) is 7. The van der Waals surface area contributed by atoms with Crippen molar-refractivity contribution < 1.29 is 24.5 Å². The summed E-state index contributed by atoms with van der Waals surface area (Å²) in [6.45, 7) is 1.68. The van der Waals surface area contributed by atoms with Crippen LogP contribution >= 0.6 is 0 Å². The van der Waals surface area contributed by atoms with Gasteiger partial charge < -0.3 is 14.9 Å². The molecule has 1 aromatic heterocycles. The molecule has 2 N–H and O–H groups in total. The van der Waals surface area contributed by atoms with Crippen molar-refractivity contribution in [2.45, 2.75) is 13.5 Å². The van der Waals surface area contributed by atoms with Crippen molar-refractivity contribution in [1.29, 1.82) is 0 Å². The summed E-state index contributed by atoms with van der Waals surface area (Å²) in [5.41, 5.74) is 0.0422. The third-order valence-electron chi connectivity index (χ3n) is 2.61. The summed E-state index contributed by atoms with van der Waals surface area (Å²) in [4.78, 5) is 23.4. The van der Waals surface area contributed by atoms with E-state index in [1.54, 1.807) is 6.92 Å². The van der Waals surface area contributed by atoms with Gasteiger partial charge in [-0.15, -0.1) is 5.10 Å². The van der Waals surface area contributed by atoms with Gasteiger partial charge in [0.05, 0.1) is 18.4 Å². The second kappa shape index (κ2) is 6.04. The number of phenolic OH excluding ortho intramolecular Hbond substituents is 2. The lowest BCUT2D eigenvalue weighted by molar-refractivity contribution is 0.0519. The summed E-state index contributed by atoms with van der Waals surface area (Å²) >= 11 is 0. The smallest absolute Gasteiger partial charge is 0.360 e. The number of benzene rings is 1. The number of carbonyl (C=O) groups excluding carboxylic acids is 2. The molecule has 0 aliphatic heterocycles. The van der Waals surface area contributed by atoms with Crippen LogP contribution in [0.1, 0.15) is 27.8 Å². The number of carbonyl (C=O) groups is 2. The molecule has 0 aliphatic carbocycles. The number of rotatable bonds is 5. The summed E-state index contributed by atoms with van der Waals surface area (Å²) < 4.78 is 5.92. The number of aromatic nitrogens is 3. The van der Waals surface area contributed by atoms with Crippen molar-refractivity contribution >= 4 is 11.8 Å². The van der Waals surface area contributed by atoms with Gasteiger partial charge in [0.15, 0.2) is 11.5 Å². The van der Waals surface area contributed by atoms with E-state index < -0.39 is 11.8 Å². The Morgan fingerprint density at radius 2 is 2.10 bits per heavy atom. The average Bonchev–Trinajstić information content (AvgIpc) is 2.87. The van der Waals surface area contributed by atoms with Gasteiger partial charge in [-0.1, -0.05) is 5.21 Å². The summed E-state index contributed by atoms with van der Waals surface area (Å²) in [5.74, 6) is -1.53. The molecular weight excluding hydrogens is 278 g/mol. The number of esters is 1. The first-order valence-electron chi connectivity index (χ1n) is 6.13. The Labute approximate surface area is 119 Å². The van der Waals surface area contributed by atoms with Gasteiger partial charge in [-0.3, -0.25) is 4.79 Å². The number of ketones is 1. The Bertz CT molecular complexity index is 680. The molecule has 0 bridgehead atoms. The first kappa shape index (κ1) is 14.5. The average molecular weight is 291 g/mol. The molecule has 8 nitrogen and oxygen atoms in total. The van der Waals surface area contributed by atoms with Crippen LogP contribution in [0.5, 0.6) is 11.5 Å². The number of hydrogen-bond donors (Lipinski definition) is 2. The van der Waals surface area contributed by atoms with Gasteiger partial charge in [0, 0.05) is 6.07 Å². The standard InChI is InChI=1S/C13H13N3O5/c1-2-21-13(20)10-6-16(15-14-10)7-12(19)9-4-3-8(17)5-11(9)18/h3-6,17-18H,2,7H2,1H3. The molecule has 0 saturated carbocycles. The second-order valence-corrected chi connectivity index (χ2v) is 4.15. The lowest BCUT2D eigenvalue weighted by atomic mass is 10.1. The van der Waals surface area contributed by atoms with E-state index in [4.69, 9.17) is 4.74 Å². The molecule has 2 rings (SSSR count). The van der Waals surface area contributed by atoms with Crippen LogP contribution in [0.2, 0.25) is 0 Å². The van der Waals surface area contributed by atoms with Crippen molar-refractivity contribution in [3.8, 4) is 11.5 Å². The molecule has 2 aromatic rings. The summed E-state index contributed by atoms with van der Waals surface area (Å²) in [6.07, 6.45) is 1.29. The quantitative estimate of drug-likeness (QED) is 0.617. The van der Waals surface area contributed by atoms with E-state index in [9.17, 15) is 19.8 Å². The number of Topliss-reactive ketones (excluding diaryl/α,β-unsaturated/α-hetero) is 1. The zero-order valence-corrected chi connectivity index (χ0v) is 11.2. The van der Waals surface area contributed by atoms with Crippen LogP contribution in [0.4, 0.5) is 0 Å². The third kappa shape index (κ3) is 3.35. The van der Waals surface area contributed by atoms with Crippen LogP contribution in [0.3, 0.4) is 0 Å². The predicted octanol–water partition coefficient (Wildman–Crippen LogP) is 0.749. The Hall–Kier alpha value is -2.90. The SMILES string of the molecule is CCOC(=O)c1cn(CC(=O)c2ccc(O)cc2O)nn1. The maximum Gasteiger partial charge on any atom is 0.360 e. The van der Waals surface area contributed by atoms with Gasteiger partial charge in [0.25, 0.3) is 0 Å². The van der Waals surface area contributed by atoms with Crippen LogP contribution in [0.15, 0.2) is 24.4 Å². The third-order valence-corrected chi connectivity index (χ3v) is 2.61. The minimum atomic E-state index is -0.622.